The molecule has 0 N–H and O–H groups in total. The number of hydrogen-bond donors (Lipinski definition) is 0. The second-order valence-electron chi connectivity index (χ2n) is 3.43. The van der Waals surface area contributed by atoms with Crippen molar-refractivity contribution in [3.05, 3.63) is 41.4 Å². The molecule has 1 aromatic carbocycles. The normalized spacial score (nSPS) is 11.3. The first-order chi connectivity index (χ1) is 7.09. The van der Waals surface area contributed by atoms with Gasteiger partial charge in [0.15, 0.2) is 5.78 Å². The molecule has 80 valence electrons. The third kappa shape index (κ3) is 4.21. The number of hydrogen-bond acceptors (Lipinski definition) is 3. The van der Waals surface area contributed by atoms with Crippen LogP contribution in [0.3, 0.4) is 0 Å². The van der Waals surface area contributed by atoms with E-state index in [9.17, 15) is 4.79 Å². The predicted octanol–water partition coefficient (Wildman–Crippen LogP) is 2.77. The zero-order valence-corrected chi connectivity index (χ0v) is 10.0. The number of rotatable bonds is 4. The largest absolute Gasteiger partial charge is 0.382 e. The van der Waals surface area contributed by atoms with E-state index in [1.165, 1.54) is 11.8 Å². The molecule has 0 fully saturated rings. The van der Waals surface area contributed by atoms with Crippen molar-refractivity contribution in [1.29, 1.82) is 0 Å². The van der Waals surface area contributed by atoms with Crippen molar-refractivity contribution in [3.8, 4) is 0 Å². The van der Waals surface area contributed by atoms with E-state index in [4.69, 9.17) is 0 Å². The molecule has 0 heterocycles. The van der Waals surface area contributed by atoms with Crippen LogP contribution >= 0.6 is 11.8 Å². The van der Waals surface area contributed by atoms with Crippen molar-refractivity contribution in [3.63, 3.8) is 0 Å². The van der Waals surface area contributed by atoms with Crippen molar-refractivity contribution in [2.75, 3.05) is 14.1 Å². The number of thioether (sulfide) groups is 1. The van der Waals surface area contributed by atoms with Gasteiger partial charge in [-0.25, -0.2) is 0 Å². The molecule has 0 saturated carbocycles. The van der Waals surface area contributed by atoms with Gasteiger partial charge in [-0.3, -0.25) is 4.79 Å². The lowest BCUT2D eigenvalue weighted by molar-refractivity contribution is -0.113. The van der Waals surface area contributed by atoms with Crippen LogP contribution in [0, 0.1) is 0 Å². The zero-order valence-electron chi connectivity index (χ0n) is 9.23. The fraction of sp³-hybridized carbons (Fsp3) is 0.250. The van der Waals surface area contributed by atoms with Gasteiger partial charge < -0.3 is 4.90 Å². The van der Waals surface area contributed by atoms with Gasteiger partial charge >= 0.3 is 0 Å². The first-order valence-corrected chi connectivity index (χ1v) is 5.53. The molecule has 1 aromatic rings. The monoisotopic (exact) mass is 221 g/mol. The maximum absolute atomic E-state index is 11.4. The van der Waals surface area contributed by atoms with Crippen LogP contribution in [0.2, 0.25) is 0 Å². The molecule has 0 saturated heterocycles. The summed E-state index contributed by atoms with van der Waals surface area (Å²) in [4.78, 5) is 15.1. The van der Waals surface area contributed by atoms with Crippen molar-refractivity contribution in [2.24, 2.45) is 0 Å². The lowest BCUT2D eigenvalue weighted by Crippen LogP contribution is -2.05. The minimum absolute atomic E-state index is 0.0950. The number of Topliss-reactive ketones (excluding diaryl/α,β-unsaturated/α-hetero) is 1. The summed E-state index contributed by atoms with van der Waals surface area (Å²) < 4.78 is 0. The number of benzene rings is 1. The molecule has 0 atom stereocenters. The summed E-state index contributed by atoms with van der Waals surface area (Å²) in [5.74, 6) is 0.0950. The number of allylic oxidation sites excluding steroid dienone is 1. The van der Waals surface area contributed by atoms with E-state index in [1.54, 1.807) is 6.92 Å². The topological polar surface area (TPSA) is 20.3 Å². The molecular formula is C12H15NOS. The second kappa shape index (κ2) is 5.61. The molecule has 0 aromatic heterocycles. The lowest BCUT2D eigenvalue weighted by atomic mass is 10.4. The highest BCUT2D eigenvalue weighted by atomic mass is 32.2. The third-order valence-electron chi connectivity index (χ3n) is 1.69. The van der Waals surface area contributed by atoms with E-state index in [0.29, 0.717) is 0 Å². The number of carbonyl (C=O) groups excluding carboxylic acids is 1. The summed E-state index contributed by atoms with van der Waals surface area (Å²) in [7, 11) is 3.82. The minimum atomic E-state index is 0.0950. The highest BCUT2D eigenvalue weighted by molar-refractivity contribution is 8.04. The molecule has 15 heavy (non-hydrogen) atoms. The van der Waals surface area contributed by atoms with Gasteiger partial charge in [0, 0.05) is 25.2 Å². The van der Waals surface area contributed by atoms with Gasteiger partial charge in [-0.2, -0.15) is 0 Å². The van der Waals surface area contributed by atoms with Crippen LogP contribution in [0.25, 0.3) is 0 Å². The van der Waals surface area contributed by atoms with Gasteiger partial charge in [0.1, 0.15) is 0 Å². The molecule has 0 aliphatic rings. The van der Waals surface area contributed by atoms with Crippen molar-refractivity contribution in [2.45, 2.75) is 11.8 Å². The third-order valence-corrected chi connectivity index (χ3v) is 2.81. The average Bonchev–Trinajstić information content (AvgIpc) is 2.17. The molecule has 0 aliphatic carbocycles. The Morgan fingerprint density at radius 1 is 1.27 bits per heavy atom. The molecule has 1 rings (SSSR count). The van der Waals surface area contributed by atoms with Crippen LogP contribution in [0.15, 0.2) is 46.3 Å². The average molecular weight is 221 g/mol. The summed E-state index contributed by atoms with van der Waals surface area (Å²) in [5.41, 5.74) is 0. The standard InChI is InChI=1S/C12H15NOS/c1-10(14)12(9-13(2)3)15-11-7-5-4-6-8-11/h4-9H,1-3H3/b12-9+. The van der Waals surface area contributed by atoms with E-state index >= 15 is 0 Å². The Bertz CT molecular complexity index is 357. The minimum Gasteiger partial charge on any atom is -0.382 e. The van der Waals surface area contributed by atoms with Gasteiger partial charge in [0.05, 0.1) is 4.91 Å². The molecule has 0 aliphatic heterocycles. The number of carbonyl (C=O) groups is 1. The molecule has 2 nitrogen and oxygen atoms in total. The molecule has 0 spiro atoms. The van der Waals surface area contributed by atoms with Gasteiger partial charge in [0.25, 0.3) is 0 Å². The van der Waals surface area contributed by atoms with E-state index in [2.05, 4.69) is 0 Å². The first kappa shape index (κ1) is 11.9. The van der Waals surface area contributed by atoms with E-state index in [1.807, 2.05) is 55.5 Å². The van der Waals surface area contributed by atoms with E-state index in [-0.39, 0.29) is 5.78 Å². The number of nitrogens with zero attached hydrogens (tertiary/aromatic N) is 1. The second-order valence-corrected chi connectivity index (χ2v) is 4.54. The SMILES string of the molecule is CC(=O)/C(=C\N(C)C)Sc1ccccc1. The Balaban J connectivity index is 2.81. The summed E-state index contributed by atoms with van der Waals surface area (Å²) in [6.07, 6.45) is 1.85. The fourth-order valence-electron chi connectivity index (χ4n) is 1.04. The predicted molar refractivity (Wildman–Crippen MR) is 64.8 cm³/mol. The maximum atomic E-state index is 11.4. The Labute approximate surface area is 95.0 Å². The van der Waals surface area contributed by atoms with Crippen molar-refractivity contribution in [1.82, 2.24) is 4.90 Å². The van der Waals surface area contributed by atoms with Gasteiger partial charge in [-0.1, -0.05) is 30.0 Å². The highest BCUT2D eigenvalue weighted by Gasteiger charge is 2.06. The van der Waals surface area contributed by atoms with Crippen LogP contribution in [-0.4, -0.2) is 24.8 Å². The number of ketones is 1. The Morgan fingerprint density at radius 2 is 1.87 bits per heavy atom. The Kier molecular flexibility index (Phi) is 4.43. The summed E-state index contributed by atoms with van der Waals surface area (Å²) in [5, 5.41) is 0. The summed E-state index contributed by atoms with van der Waals surface area (Å²) >= 11 is 1.50. The Morgan fingerprint density at radius 3 is 2.33 bits per heavy atom. The van der Waals surface area contributed by atoms with Gasteiger partial charge in [0.2, 0.25) is 0 Å². The lowest BCUT2D eigenvalue weighted by Gasteiger charge is -2.09. The molecule has 0 bridgehead atoms. The first-order valence-electron chi connectivity index (χ1n) is 4.71. The van der Waals surface area contributed by atoms with Crippen LogP contribution in [-0.2, 0) is 4.79 Å². The fourth-order valence-corrected chi connectivity index (χ4v) is 1.99. The van der Waals surface area contributed by atoms with Crippen LogP contribution in [0.1, 0.15) is 6.92 Å². The molecule has 3 heteroatoms. The molecule has 0 unspecified atom stereocenters. The van der Waals surface area contributed by atoms with Gasteiger partial charge in [-0.15, -0.1) is 0 Å². The zero-order chi connectivity index (χ0) is 11.3. The molecular weight excluding hydrogens is 206 g/mol. The van der Waals surface area contributed by atoms with E-state index < -0.39 is 0 Å². The van der Waals surface area contributed by atoms with Crippen molar-refractivity contribution < 1.29 is 4.79 Å². The van der Waals surface area contributed by atoms with Gasteiger partial charge in [-0.05, 0) is 19.1 Å². The Hall–Kier alpha value is -1.22. The summed E-state index contributed by atoms with van der Waals surface area (Å²) in [6.45, 7) is 1.59. The smallest absolute Gasteiger partial charge is 0.167 e. The van der Waals surface area contributed by atoms with Crippen LogP contribution < -0.4 is 0 Å². The quantitative estimate of drug-likeness (QED) is 0.576. The molecule has 0 radical (unpaired) electrons. The molecule has 0 amide bonds. The van der Waals surface area contributed by atoms with E-state index in [0.717, 1.165) is 9.80 Å². The highest BCUT2D eigenvalue weighted by Crippen LogP contribution is 2.26. The maximum Gasteiger partial charge on any atom is 0.167 e. The van der Waals surface area contributed by atoms with Crippen LogP contribution in [0.4, 0.5) is 0 Å². The van der Waals surface area contributed by atoms with Crippen LogP contribution in [0.5, 0.6) is 0 Å². The summed E-state index contributed by atoms with van der Waals surface area (Å²) in [6, 6.07) is 9.90. The van der Waals surface area contributed by atoms with Crippen molar-refractivity contribution >= 4 is 17.5 Å².